The van der Waals surface area contributed by atoms with Gasteiger partial charge in [0.15, 0.2) is 0 Å². The van der Waals surface area contributed by atoms with Crippen molar-refractivity contribution in [1.82, 2.24) is 0 Å². The normalized spacial score (nSPS) is 16.4. The number of hydrogen-bond acceptors (Lipinski definition) is 1. The number of anilines is 3. The molecule has 4 aliphatic carbocycles. The molecule has 74 heavy (non-hydrogen) atoms. The van der Waals surface area contributed by atoms with Gasteiger partial charge < -0.3 is 4.90 Å². The fourth-order valence-corrected chi connectivity index (χ4v) is 14.6. The van der Waals surface area contributed by atoms with Crippen LogP contribution in [-0.2, 0) is 22.7 Å². The van der Waals surface area contributed by atoms with E-state index in [9.17, 15) is 0 Å². The quantitative estimate of drug-likeness (QED) is 0.154. The highest BCUT2D eigenvalue weighted by atomic mass is 15.1. The number of hydrogen-bond donors (Lipinski definition) is 0. The maximum absolute atomic E-state index is 2.57. The van der Waals surface area contributed by atoms with Gasteiger partial charge in [-0.25, -0.2) is 0 Å². The average molecular weight is 944 g/mol. The minimum absolute atomic E-state index is 0.135. The highest BCUT2D eigenvalue weighted by molar-refractivity contribution is 5.99. The molecule has 0 bridgehead atoms. The van der Waals surface area contributed by atoms with Crippen LogP contribution in [0, 0.1) is 0 Å². The molecule has 4 aliphatic rings. The van der Waals surface area contributed by atoms with Crippen molar-refractivity contribution in [3.8, 4) is 55.6 Å². The molecule has 0 amide bonds. The molecule has 0 radical (unpaired) electrons. The third kappa shape index (κ3) is 5.81. The van der Waals surface area contributed by atoms with Gasteiger partial charge in [-0.1, -0.05) is 244 Å². The minimum atomic E-state index is -0.533. The fourth-order valence-electron chi connectivity index (χ4n) is 14.6. The van der Waals surface area contributed by atoms with E-state index in [4.69, 9.17) is 0 Å². The van der Waals surface area contributed by atoms with E-state index in [0.717, 1.165) is 29.9 Å². The molecule has 1 heteroatoms. The van der Waals surface area contributed by atoms with Gasteiger partial charge in [0, 0.05) is 27.8 Å². The fraction of sp³-hybridized carbons (Fsp3) is 0.0959. The summed E-state index contributed by atoms with van der Waals surface area (Å²) in [5.41, 5.74) is 29.0. The van der Waals surface area contributed by atoms with E-state index in [2.05, 4.69) is 280 Å². The lowest BCUT2D eigenvalue weighted by molar-refractivity contribution is 0.626. The van der Waals surface area contributed by atoms with E-state index in [-0.39, 0.29) is 10.8 Å². The van der Waals surface area contributed by atoms with Crippen molar-refractivity contribution in [3.63, 3.8) is 0 Å². The molecule has 15 rings (SSSR count). The standard InChI is InChI=1S/C73H53N/c1-71(2)63-34-16-12-29-57(63)60-32-19-31-59(70(60)71)55-27-11-10-26-54(55)48-39-41-52(42-40-48)74(53-43-44-58-56-28-13-17-35-64(56)72(67(58)47-53)46-45-49-21-9-15-33-62(49)72)68-38-20-37-66-69(68)61-30-14-18-36-65(61)73(66,50-22-5-3-6-23-50)51-24-7-4-8-25-51/h3-44,47H,45-46H2,1-2H3. The Kier molecular flexibility index (Phi) is 9.33. The van der Waals surface area contributed by atoms with E-state index in [0.29, 0.717) is 0 Å². The molecule has 0 aliphatic heterocycles. The number of nitrogens with zero attached hydrogens (tertiary/aromatic N) is 1. The SMILES string of the molecule is CC1(C)c2ccccc2-c2cccc(-c3ccccc3-c3ccc(N(c4ccc5c(c4)C4(CCc6ccccc64)c4ccccc4-5)c4cccc5c4-c4ccccc4C5(c4ccccc4)c4ccccc4)cc3)c21. The van der Waals surface area contributed by atoms with Gasteiger partial charge in [-0.3, -0.25) is 0 Å². The number of fused-ring (bicyclic) bond motifs is 13. The van der Waals surface area contributed by atoms with Gasteiger partial charge >= 0.3 is 0 Å². The van der Waals surface area contributed by atoms with Gasteiger partial charge in [-0.2, -0.15) is 0 Å². The highest BCUT2D eigenvalue weighted by Crippen LogP contribution is 2.62. The lowest BCUT2D eigenvalue weighted by atomic mass is 9.68. The summed E-state index contributed by atoms with van der Waals surface area (Å²) in [7, 11) is 0. The molecule has 11 aromatic rings. The molecular formula is C73H53N. The summed E-state index contributed by atoms with van der Waals surface area (Å²) >= 11 is 0. The molecule has 0 heterocycles. The Morgan fingerprint density at radius 1 is 0.338 bits per heavy atom. The first-order valence-corrected chi connectivity index (χ1v) is 26.4. The van der Waals surface area contributed by atoms with Gasteiger partial charge in [0.05, 0.1) is 11.1 Å². The predicted octanol–water partition coefficient (Wildman–Crippen LogP) is 18.4. The molecule has 1 spiro atoms. The lowest BCUT2D eigenvalue weighted by Gasteiger charge is -2.34. The summed E-state index contributed by atoms with van der Waals surface area (Å²) in [4.78, 5) is 2.57. The minimum Gasteiger partial charge on any atom is -0.310 e. The Hall–Kier alpha value is -8.78. The topological polar surface area (TPSA) is 3.24 Å². The van der Waals surface area contributed by atoms with Crippen molar-refractivity contribution in [2.24, 2.45) is 0 Å². The molecule has 11 aromatic carbocycles. The number of benzene rings is 11. The van der Waals surface area contributed by atoms with Crippen LogP contribution in [0.4, 0.5) is 17.1 Å². The van der Waals surface area contributed by atoms with Crippen LogP contribution in [0.25, 0.3) is 55.6 Å². The van der Waals surface area contributed by atoms with E-state index < -0.39 is 5.41 Å². The monoisotopic (exact) mass is 943 g/mol. The molecule has 1 nitrogen and oxygen atoms in total. The largest absolute Gasteiger partial charge is 0.310 e. The van der Waals surface area contributed by atoms with Crippen molar-refractivity contribution in [1.29, 1.82) is 0 Å². The molecule has 350 valence electrons. The van der Waals surface area contributed by atoms with E-state index in [1.807, 2.05) is 0 Å². The Balaban J connectivity index is 0.953. The smallest absolute Gasteiger partial charge is 0.0714 e. The zero-order valence-electron chi connectivity index (χ0n) is 41.7. The van der Waals surface area contributed by atoms with Crippen LogP contribution in [0.2, 0.25) is 0 Å². The van der Waals surface area contributed by atoms with Crippen molar-refractivity contribution < 1.29 is 0 Å². The Morgan fingerprint density at radius 2 is 0.838 bits per heavy atom. The van der Waals surface area contributed by atoms with Crippen LogP contribution >= 0.6 is 0 Å². The van der Waals surface area contributed by atoms with Crippen LogP contribution in [0.15, 0.2) is 261 Å². The molecule has 0 fully saturated rings. The molecule has 0 N–H and O–H groups in total. The van der Waals surface area contributed by atoms with Gasteiger partial charge in [0.25, 0.3) is 0 Å². The maximum atomic E-state index is 2.57. The van der Waals surface area contributed by atoms with E-state index in [1.165, 1.54) is 111 Å². The van der Waals surface area contributed by atoms with Crippen LogP contribution in [0.1, 0.15) is 75.9 Å². The van der Waals surface area contributed by atoms with Gasteiger partial charge in [-0.05, 0) is 149 Å². The third-order valence-electron chi connectivity index (χ3n) is 17.6. The second-order valence-electron chi connectivity index (χ2n) is 21.4. The first kappa shape index (κ1) is 42.9. The summed E-state index contributed by atoms with van der Waals surface area (Å²) in [6.07, 6.45) is 2.10. The number of aryl methyl sites for hydroxylation is 1. The second kappa shape index (κ2) is 16.1. The van der Waals surface area contributed by atoms with Crippen molar-refractivity contribution in [3.05, 3.63) is 316 Å². The molecule has 0 saturated heterocycles. The maximum Gasteiger partial charge on any atom is 0.0714 e. The predicted molar refractivity (Wildman–Crippen MR) is 307 cm³/mol. The summed E-state index contributed by atoms with van der Waals surface area (Å²) in [6, 6.07) is 98.6. The van der Waals surface area contributed by atoms with Gasteiger partial charge in [0.2, 0.25) is 0 Å². The highest BCUT2D eigenvalue weighted by Gasteiger charge is 2.50. The van der Waals surface area contributed by atoms with Crippen LogP contribution < -0.4 is 4.90 Å². The third-order valence-corrected chi connectivity index (χ3v) is 17.6. The zero-order valence-corrected chi connectivity index (χ0v) is 41.7. The van der Waals surface area contributed by atoms with Crippen LogP contribution in [0.3, 0.4) is 0 Å². The molecule has 0 aromatic heterocycles. The van der Waals surface area contributed by atoms with E-state index in [1.54, 1.807) is 0 Å². The molecule has 0 saturated carbocycles. The van der Waals surface area contributed by atoms with Crippen molar-refractivity contribution >= 4 is 17.1 Å². The molecular weight excluding hydrogens is 891 g/mol. The number of rotatable bonds is 7. The second-order valence-corrected chi connectivity index (χ2v) is 21.4. The summed E-state index contributed by atoms with van der Waals surface area (Å²) in [5.74, 6) is 0. The first-order valence-electron chi connectivity index (χ1n) is 26.4. The van der Waals surface area contributed by atoms with Crippen LogP contribution in [-0.4, -0.2) is 0 Å². The van der Waals surface area contributed by atoms with Gasteiger partial charge in [-0.15, -0.1) is 0 Å². The Labute approximate surface area is 434 Å². The van der Waals surface area contributed by atoms with Crippen LogP contribution in [0.5, 0.6) is 0 Å². The summed E-state index contributed by atoms with van der Waals surface area (Å²) in [5, 5.41) is 0. The van der Waals surface area contributed by atoms with E-state index >= 15 is 0 Å². The summed E-state index contributed by atoms with van der Waals surface area (Å²) < 4.78 is 0. The van der Waals surface area contributed by atoms with Gasteiger partial charge in [0.1, 0.15) is 0 Å². The Bertz CT molecular complexity index is 4010. The Morgan fingerprint density at radius 3 is 1.55 bits per heavy atom. The lowest BCUT2D eigenvalue weighted by Crippen LogP contribution is -2.28. The molecule has 1 unspecified atom stereocenters. The summed E-state index contributed by atoms with van der Waals surface area (Å²) in [6.45, 7) is 4.78. The van der Waals surface area contributed by atoms with Crippen molar-refractivity contribution in [2.45, 2.75) is 42.9 Å². The van der Waals surface area contributed by atoms with Crippen molar-refractivity contribution in [2.75, 3.05) is 4.90 Å². The average Bonchev–Trinajstić information content (AvgIpc) is 4.17. The first-order chi connectivity index (χ1) is 36.5. The zero-order chi connectivity index (χ0) is 49.2. The molecule has 1 atom stereocenters.